The molecular formula is C15H20N2O. The van der Waals surface area contributed by atoms with Crippen LogP contribution in [0, 0.1) is 6.92 Å². The van der Waals surface area contributed by atoms with Gasteiger partial charge in [-0.25, -0.2) is 5.43 Å². The first-order valence-electron chi connectivity index (χ1n) is 6.23. The number of aryl methyl sites for hydroxylation is 1. The number of nitrogens with one attached hydrogen (secondary N) is 1. The molecule has 2 aromatic rings. The van der Waals surface area contributed by atoms with Crippen LogP contribution in [0.1, 0.15) is 48.3 Å². The van der Waals surface area contributed by atoms with E-state index >= 15 is 0 Å². The second-order valence-corrected chi connectivity index (χ2v) is 4.85. The molecule has 1 aromatic carbocycles. The minimum Gasteiger partial charge on any atom is -0.469 e. The van der Waals surface area contributed by atoms with Crippen LogP contribution >= 0.6 is 0 Å². The van der Waals surface area contributed by atoms with Crippen LogP contribution in [0.4, 0.5) is 0 Å². The lowest BCUT2D eigenvalue weighted by atomic mass is 9.96. The molecule has 1 atom stereocenters. The molecule has 3 heteroatoms. The first kappa shape index (κ1) is 12.9. The Morgan fingerprint density at radius 3 is 2.11 bits per heavy atom. The zero-order valence-electron chi connectivity index (χ0n) is 11.1. The van der Waals surface area contributed by atoms with Gasteiger partial charge in [0.15, 0.2) is 0 Å². The van der Waals surface area contributed by atoms with Crippen molar-refractivity contribution < 1.29 is 4.42 Å². The number of hydrazine groups is 1. The van der Waals surface area contributed by atoms with Gasteiger partial charge in [-0.2, -0.15) is 0 Å². The van der Waals surface area contributed by atoms with Gasteiger partial charge < -0.3 is 4.42 Å². The Labute approximate surface area is 108 Å². The van der Waals surface area contributed by atoms with E-state index in [4.69, 9.17) is 10.3 Å². The summed E-state index contributed by atoms with van der Waals surface area (Å²) < 4.78 is 5.34. The van der Waals surface area contributed by atoms with E-state index in [1.54, 1.807) is 6.26 Å². The Morgan fingerprint density at radius 2 is 1.67 bits per heavy atom. The van der Waals surface area contributed by atoms with Crippen molar-refractivity contribution in [3.63, 3.8) is 0 Å². The van der Waals surface area contributed by atoms with Crippen LogP contribution in [0.2, 0.25) is 0 Å². The van der Waals surface area contributed by atoms with E-state index < -0.39 is 0 Å². The Bertz CT molecular complexity index is 499. The molecule has 1 unspecified atom stereocenters. The van der Waals surface area contributed by atoms with Gasteiger partial charge in [-0.3, -0.25) is 5.84 Å². The van der Waals surface area contributed by atoms with Gasteiger partial charge in [0, 0.05) is 5.56 Å². The maximum Gasteiger partial charge on any atom is 0.105 e. The highest BCUT2D eigenvalue weighted by atomic mass is 16.3. The largest absolute Gasteiger partial charge is 0.469 e. The van der Waals surface area contributed by atoms with Crippen molar-refractivity contribution >= 4 is 0 Å². The molecule has 96 valence electrons. The van der Waals surface area contributed by atoms with Crippen LogP contribution in [0.3, 0.4) is 0 Å². The standard InChI is InChI=1S/C15H20N2O/c1-10(2)12-4-6-13(7-5-12)15(17-16)14-8-9-18-11(14)3/h4-10,15,17H,16H2,1-3H3. The van der Waals surface area contributed by atoms with Crippen molar-refractivity contribution in [2.24, 2.45) is 5.84 Å². The molecule has 3 N–H and O–H groups in total. The summed E-state index contributed by atoms with van der Waals surface area (Å²) in [5.74, 6) is 7.11. The molecule has 2 rings (SSSR count). The Kier molecular flexibility index (Phi) is 3.84. The highest BCUT2D eigenvalue weighted by Gasteiger charge is 2.16. The second-order valence-electron chi connectivity index (χ2n) is 4.85. The molecule has 1 heterocycles. The second kappa shape index (κ2) is 5.38. The maximum absolute atomic E-state index is 5.67. The van der Waals surface area contributed by atoms with Gasteiger partial charge in [0.2, 0.25) is 0 Å². The summed E-state index contributed by atoms with van der Waals surface area (Å²) in [5, 5.41) is 0. The molecule has 0 aliphatic heterocycles. The number of nitrogens with two attached hydrogens (primary N) is 1. The summed E-state index contributed by atoms with van der Waals surface area (Å²) in [6.07, 6.45) is 1.69. The third-order valence-corrected chi connectivity index (χ3v) is 3.31. The fourth-order valence-corrected chi connectivity index (χ4v) is 2.13. The minimum atomic E-state index is -0.0232. The van der Waals surface area contributed by atoms with E-state index in [9.17, 15) is 0 Å². The summed E-state index contributed by atoms with van der Waals surface area (Å²) in [5.41, 5.74) is 6.41. The average Bonchev–Trinajstić information content (AvgIpc) is 2.78. The van der Waals surface area contributed by atoms with E-state index in [2.05, 4.69) is 43.5 Å². The summed E-state index contributed by atoms with van der Waals surface area (Å²) in [7, 11) is 0. The lowest BCUT2D eigenvalue weighted by molar-refractivity contribution is 0.520. The van der Waals surface area contributed by atoms with Gasteiger partial charge in [0.1, 0.15) is 5.76 Å². The molecule has 0 bridgehead atoms. The first-order valence-corrected chi connectivity index (χ1v) is 6.23. The van der Waals surface area contributed by atoms with Crippen molar-refractivity contribution in [2.75, 3.05) is 0 Å². The topological polar surface area (TPSA) is 51.2 Å². The lowest BCUT2D eigenvalue weighted by Crippen LogP contribution is -2.29. The fourth-order valence-electron chi connectivity index (χ4n) is 2.13. The van der Waals surface area contributed by atoms with Gasteiger partial charge in [-0.05, 0) is 30.0 Å². The van der Waals surface area contributed by atoms with Crippen molar-refractivity contribution in [2.45, 2.75) is 32.7 Å². The van der Waals surface area contributed by atoms with Crippen LogP contribution in [0.15, 0.2) is 41.0 Å². The predicted molar refractivity (Wildman–Crippen MR) is 73.1 cm³/mol. The molecule has 0 fully saturated rings. The third kappa shape index (κ3) is 2.47. The number of hydrogen-bond donors (Lipinski definition) is 2. The summed E-state index contributed by atoms with van der Waals surface area (Å²) >= 11 is 0. The molecule has 0 aliphatic carbocycles. The molecule has 0 aliphatic rings. The monoisotopic (exact) mass is 244 g/mol. The van der Waals surface area contributed by atoms with Gasteiger partial charge in [-0.15, -0.1) is 0 Å². The smallest absolute Gasteiger partial charge is 0.105 e. The van der Waals surface area contributed by atoms with Crippen molar-refractivity contribution in [1.82, 2.24) is 5.43 Å². The molecule has 0 saturated carbocycles. The predicted octanol–water partition coefficient (Wildman–Crippen LogP) is 3.26. The van der Waals surface area contributed by atoms with Gasteiger partial charge in [0.05, 0.1) is 12.3 Å². The van der Waals surface area contributed by atoms with E-state index in [1.807, 2.05) is 13.0 Å². The Balaban J connectivity index is 2.31. The van der Waals surface area contributed by atoms with Crippen molar-refractivity contribution in [3.05, 3.63) is 59.0 Å². The summed E-state index contributed by atoms with van der Waals surface area (Å²) in [6, 6.07) is 10.5. The van der Waals surface area contributed by atoms with Crippen LogP contribution in [0.25, 0.3) is 0 Å². The van der Waals surface area contributed by atoms with Crippen LogP contribution in [0.5, 0.6) is 0 Å². The van der Waals surface area contributed by atoms with E-state index in [-0.39, 0.29) is 6.04 Å². The third-order valence-electron chi connectivity index (χ3n) is 3.31. The van der Waals surface area contributed by atoms with Crippen LogP contribution in [-0.4, -0.2) is 0 Å². The summed E-state index contributed by atoms with van der Waals surface area (Å²) in [4.78, 5) is 0. The van der Waals surface area contributed by atoms with Crippen molar-refractivity contribution in [1.29, 1.82) is 0 Å². The Hall–Kier alpha value is -1.58. The number of furan rings is 1. The molecule has 0 radical (unpaired) electrons. The van der Waals surface area contributed by atoms with E-state index in [0.717, 1.165) is 16.9 Å². The minimum absolute atomic E-state index is 0.0232. The van der Waals surface area contributed by atoms with Crippen LogP contribution in [-0.2, 0) is 0 Å². The van der Waals surface area contributed by atoms with Gasteiger partial charge in [0.25, 0.3) is 0 Å². The molecular weight excluding hydrogens is 224 g/mol. The number of rotatable bonds is 4. The van der Waals surface area contributed by atoms with E-state index in [1.165, 1.54) is 5.56 Å². The van der Waals surface area contributed by atoms with E-state index in [0.29, 0.717) is 5.92 Å². The summed E-state index contributed by atoms with van der Waals surface area (Å²) in [6.45, 7) is 6.32. The van der Waals surface area contributed by atoms with Crippen molar-refractivity contribution in [3.8, 4) is 0 Å². The lowest BCUT2D eigenvalue weighted by Gasteiger charge is -2.16. The molecule has 18 heavy (non-hydrogen) atoms. The first-order chi connectivity index (χ1) is 8.63. The Morgan fingerprint density at radius 1 is 1.06 bits per heavy atom. The highest BCUT2D eigenvalue weighted by molar-refractivity contribution is 5.35. The number of benzene rings is 1. The average molecular weight is 244 g/mol. The molecule has 3 nitrogen and oxygen atoms in total. The maximum atomic E-state index is 5.67. The van der Waals surface area contributed by atoms with Gasteiger partial charge in [-0.1, -0.05) is 38.1 Å². The SMILES string of the molecule is Cc1occc1C(NN)c1ccc(C(C)C)cc1. The van der Waals surface area contributed by atoms with Gasteiger partial charge >= 0.3 is 0 Å². The molecule has 0 spiro atoms. The normalized spacial score (nSPS) is 12.9. The molecule has 0 saturated heterocycles. The number of hydrogen-bond acceptors (Lipinski definition) is 3. The molecule has 0 amide bonds. The quantitative estimate of drug-likeness (QED) is 0.641. The zero-order valence-corrected chi connectivity index (χ0v) is 11.1. The fraction of sp³-hybridized carbons (Fsp3) is 0.333. The highest BCUT2D eigenvalue weighted by Crippen LogP contribution is 2.26. The molecule has 1 aromatic heterocycles. The van der Waals surface area contributed by atoms with Crippen LogP contribution < -0.4 is 11.3 Å². The zero-order chi connectivity index (χ0) is 13.1.